The second-order valence-corrected chi connectivity index (χ2v) is 3.51. The number of likely N-dealkylation sites (tertiary alicyclic amines) is 1. The summed E-state index contributed by atoms with van der Waals surface area (Å²) < 4.78 is 12.4. The standard InChI is InChI=1S/C8H14FNO2/c1-8(7(11)12)6(5-9)3-4-10(8)2/h6H,3-5H2,1-2H3,(H,11,12)/t6-,8-/m1/s1. The number of hydrogen-bond donors (Lipinski definition) is 1. The van der Waals surface area contributed by atoms with Gasteiger partial charge in [0.15, 0.2) is 0 Å². The van der Waals surface area contributed by atoms with Crippen LogP contribution in [0.1, 0.15) is 13.3 Å². The molecule has 0 spiro atoms. The lowest BCUT2D eigenvalue weighted by Crippen LogP contribution is -2.50. The molecule has 1 aliphatic heterocycles. The second kappa shape index (κ2) is 3.01. The summed E-state index contributed by atoms with van der Waals surface area (Å²) in [4.78, 5) is 12.6. The zero-order chi connectivity index (χ0) is 9.35. The van der Waals surface area contributed by atoms with E-state index in [4.69, 9.17) is 5.11 Å². The summed E-state index contributed by atoms with van der Waals surface area (Å²) in [5, 5.41) is 8.94. The molecule has 3 nitrogen and oxygen atoms in total. The summed E-state index contributed by atoms with van der Waals surface area (Å²) in [6.07, 6.45) is 0.635. The van der Waals surface area contributed by atoms with Crippen molar-refractivity contribution in [2.75, 3.05) is 20.3 Å². The molecule has 0 aromatic heterocycles. The number of rotatable bonds is 2. The van der Waals surface area contributed by atoms with E-state index in [1.54, 1.807) is 18.9 Å². The number of alkyl halides is 1. The monoisotopic (exact) mass is 175 g/mol. The highest BCUT2D eigenvalue weighted by Crippen LogP contribution is 2.33. The Kier molecular flexibility index (Phi) is 2.37. The van der Waals surface area contributed by atoms with Crippen LogP contribution >= 0.6 is 0 Å². The van der Waals surface area contributed by atoms with Crippen molar-refractivity contribution in [2.45, 2.75) is 18.9 Å². The molecular formula is C8H14FNO2. The van der Waals surface area contributed by atoms with Gasteiger partial charge < -0.3 is 5.11 Å². The molecule has 4 heteroatoms. The Balaban J connectivity index is 2.88. The highest BCUT2D eigenvalue weighted by molar-refractivity contribution is 5.79. The van der Waals surface area contributed by atoms with E-state index < -0.39 is 18.2 Å². The minimum atomic E-state index is -1.01. The van der Waals surface area contributed by atoms with Crippen molar-refractivity contribution in [1.82, 2.24) is 4.90 Å². The van der Waals surface area contributed by atoms with Crippen LogP contribution < -0.4 is 0 Å². The fourth-order valence-electron chi connectivity index (χ4n) is 1.74. The van der Waals surface area contributed by atoms with Gasteiger partial charge in [0.1, 0.15) is 5.54 Å². The molecule has 0 amide bonds. The van der Waals surface area contributed by atoms with Gasteiger partial charge in [-0.05, 0) is 26.9 Å². The number of aliphatic carboxylic acids is 1. The third-order valence-corrected chi connectivity index (χ3v) is 3.02. The molecule has 1 aliphatic rings. The van der Waals surface area contributed by atoms with Gasteiger partial charge in [-0.1, -0.05) is 0 Å². The van der Waals surface area contributed by atoms with Gasteiger partial charge >= 0.3 is 5.97 Å². The van der Waals surface area contributed by atoms with Crippen molar-refractivity contribution < 1.29 is 14.3 Å². The molecule has 0 aromatic rings. The van der Waals surface area contributed by atoms with Gasteiger partial charge in [0.2, 0.25) is 0 Å². The van der Waals surface area contributed by atoms with E-state index in [-0.39, 0.29) is 5.92 Å². The number of carboxylic acids is 1. The molecule has 0 unspecified atom stereocenters. The highest BCUT2D eigenvalue weighted by Gasteiger charge is 2.49. The van der Waals surface area contributed by atoms with Crippen LogP contribution in [0.2, 0.25) is 0 Å². The molecule has 0 radical (unpaired) electrons. The van der Waals surface area contributed by atoms with Crippen LogP contribution in [0, 0.1) is 5.92 Å². The first kappa shape index (κ1) is 9.45. The Morgan fingerprint density at radius 2 is 2.42 bits per heavy atom. The van der Waals surface area contributed by atoms with Crippen molar-refractivity contribution in [3.05, 3.63) is 0 Å². The van der Waals surface area contributed by atoms with Crippen molar-refractivity contribution in [1.29, 1.82) is 0 Å². The van der Waals surface area contributed by atoms with E-state index in [2.05, 4.69) is 0 Å². The van der Waals surface area contributed by atoms with Crippen LogP contribution in [-0.2, 0) is 4.79 Å². The molecule has 1 N–H and O–H groups in total. The average Bonchev–Trinajstić information content (AvgIpc) is 2.30. The Hall–Kier alpha value is -0.640. The summed E-state index contributed by atoms with van der Waals surface area (Å²) in [6.45, 7) is 1.71. The molecule has 1 fully saturated rings. The Morgan fingerprint density at radius 3 is 2.75 bits per heavy atom. The Bertz CT molecular complexity index is 197. The van der Waals surface area contributed by atoms with Crippen LogP contribution in [0.5, 0.6) is 0 Å². The highest BCUT2D eigenvalue weighted by atomic mass is 19.1. The molecule has 12 heavy (non-hydrogen) atoms. The predicted molar refractivity (Wildman–Crippen MR) is 42.8 cm³/mol. The van der Waals surface area contributed by atoms with Crippen LogP contribution in [0.15, 0.2) is 0 Å². The molecule has 2 atom stereocenters. The molecule has 1 heterocycles. The molecule has 0 saturated carbocycles. The summed E-state index contributed by atoms with van der Waals surface area (Å²) in [5.74, 6) is -1.29. The maximum Gasteiger partial charge on any atom is 0.324 e. The van der Waals surface area contributed by atoms with Gasteiger partial charge in [0.25, 0.3) is 0 Å². The molecule has 1 rings (SSSR count). The molecule has 0 aliphatic carbocycles. The summed E-state index contributed by atoms with van der Waals surface area (Å²) in [5.41, 5.74) is -1.01. The number of nitrogens with zero attached hydrogens (tertiary/aromatic N) is 1. The fraction of sp³-hybridized carbons (Fsp3) is 0.875. The van der Waals surface area contributed by atoms with Gasteiger partial charge in [-0.15, -0.1) is 0 Å². The maximum atomic E-state index is 12.4. The first-order valence-corrected chi connectivity index (χ1v) is 4.04. The summed E-state index contributed by atoms with van der Waals surface area (Å²) in [7, 11) is 1.73. The average molecular weight is 175 g/mol. The fourth-order valence-corrected chi connectivity index (χ4v) is 1.74. The summed E-state index contributed by atoms with van der Waals surface area (Å²) >= 11 is 0. The molecule has 0 bridgehead atoms. The molecular weight excluding hydrogens is 161 g/mol. The van der Waals surface area contributed by atoms with Crippen LogP contribution in [-0.4, -0.2) is 41.8 Å². The van der Waals surface area contributed by atoms with Crippen LogP contribution in [0.4, 0.5) is 4.39 Å². The first-order valence-electron chi connectivity index (χ1n) is 4.04. The number of hydrogen-bond acceptors (Lipinski definition) is 2. The number of halogens is 1. The quantitative estimate of drug-likeness (QED) is 0.673. The van der Waals surface area contributed by atoms with Crippen molar-refractivity contribution in [3.8, 4) is 0 Å². The van der Waals surface area contributed by atoms with E-state index in [9.17, 15) is 9.18 Å². The van der Waals surface area contributed by atoms with Crippen molar-refractivity contribution in [3.63, 3.8) is 0 Å². The van der Waals surface area contributed by atoms with E-state index in [1.165, 1.54) is 0 Å². The van der Waals surface area contributed by atoms with Gasteiger partial charge in [-0.3, -0.25) is 14.1 Å². The SMILES string of the molecule is CN1CC[C@H](CF)[C@]1(C)C(=O)O. The smallest absolute Gasteiger partial charge is 0.324 e. The van der Waals surface area contributed by atoms with Crippen molar-refractivity contribution >= 4 is 5.97 Å². The molecule has 70 valence electrons. The van der Waals surface area contributed by atoms with E-state index in [1.807, 2.05) is 0 Å². The van der Waals surface area contributed by atoms with E-state index >= 15 is 0 Å². The van der Waals surface area contributed by atoms with E-state index in [0.29, 0.717) is 13.0 Å². The number of carbonyl (C=O) groups is 1. The number of carboxylic acid groups (broad SMARTS) is 1. The van der Waals surface area contributed by atoms with Gasteiger partial charge in [0.05, 0.1) is 6.67 Å². The normalized spacial score (nSPS) is 37.1. The largest absolute Gasteiger partial charge is 0.480 e. The second-order valence-electron chi connectivity index (χ2n) is 3.51. The lowest BCUT2D eigenvalue weighted by Gasteiger charge is -2.31. The predicted octanol–water partition coefficient (Wildman–Crippen LogP) is 0.751. The Morgan fingerprint density at radius 1 is 1.83 bits per heavy atom. The maximum absolute atomic E-state index is 12.4. The summed E-state index contributed by atoms with van der Waals surface area (Å²) in [6, 6.07) is 0. The zero-order valence-electron chi connectivity index (χ0n) is 7.38. The first-order chi connectivity index (χ1) is 5.53. The van der Waals surface area contributed by atoms with Gasteiger partial charge in [-0.2, -0.15) is 0 Å². The minimum Gasteiger partial charge on any atom is -0.480 e. The topological polar surface area (TPSA) is 40.5 Å². The third-order valence-electron chi connectivity index (χ3n) is 3.02. The van der Waals surface area contributed by atoms with Crippen LogP contribution in [0.3, 0.4) is 0 Å². The third kappa shape index (κ3) is 1.10. The number of likely N-dealkylation sites (N-methyl/N-ethyl adjacent to an activating group) is 1. The molecule has 1 saturated heterocycles. The van der Waals surface area contributed by atoms with Gasteiger partial charge in [0, 0.05) is 5.92 Å². The van der Waals surface area contributed by atoms with Gasteiger partial charge in [-0.25, -0.2) is 0 Å². The lowest BCUT2D eigenvalue weighted by molar-refractivity contribution is -0.150. The van der Waals surface area contributed by atoms with Crippen molar-refractivity contribution in [2.24, 2.45) is 5.92 Å². The zero-order valence-corrected chi connectivity index (χ0v) is 7.38. The minimum absolute atomic E-state index is 0.361. The lowest BCUT2D eigenvalue weighted by atomic mass is 9.88. The molecule has 0 aromatic carbocycles. The van der Waals surface area contributed by atoms with Crippen LogP contribution in [0.25, 0.3) is 0 Å². The Labute approximate surface area is 71.2 Å². The van der Waals surface area contributed by atoms with E-state index in [0.717, 1.165) is 0 Å².